The van der Waals surface area contributed by atoms with E-state index in [1.54, 1.807) is 0 Å². The van der Waals surface area contributed by atoms with Gasteiger partial charge in [0.15, 0.2) is 0 Å². The molecule has 2 rings (SSSR count). The Labute approximate surface area is 111 Å². The van der Waals surface area contributed by atoms with Crippen molar-refractivity contribution >= 4 is 0 Å². The first-order chi connectivity index (χ1) is 8.90. The van der Waals surface area contributed by atoms with Gasteiger partial charge in [0.2, 0.25) is 0 Å². The number of hydrogen-bond acceptors (Lipinski definition) is 4. The fraction of sp³-hybridized carbons (Fsp3) is 1.00. The van der Waals surface area contributed by atoms with Crippen molar-refractivity contribution in [3.63, 3.8) is 0 Å². The topological polar surface area (TPSA) is 41.7 Å². The third kappa shape index (κ3) is 4.50. The van der Waals surface area contributed by atoms with Crippen molar-refractivity contribution in [3.8, 4) is 0 Å². The molecule has 2 N–H and O–H groups in total. The fourth-order valence-electron chi connectivity index (χ4n) is 3.11. The van der Waals surface area contributed by atoms with Crippen molar-refractivity contribution in [2.75, 3.05) is 52.5 Å². The largest absolute Gasteiger partial charge is 0.381 e. The van der Waals surface area contributed by atoms with Crippen LogP contribution in [0.3, 0.4) is 0 Å². The Morgan fingerprint density at radius 2 is 1.83 bits per heavy atom. The van der Waals surface area contributed by atoms with Crippen LogP contribution in [0.1, 0.15) is 32.1 Å². The summed E-state index contributed by atoms with van der Waals surface area (Å²) in [5.74, 6) is 0. The summed E-state index contributed by atoms with van der Waals surface area (Å²) in [6.07, 6.45) is 6.20. The van der Waals surface area contributed by atoms with E-state index >= 15 is 0 Å². The number of hydrogen-bond donors (Lipinski definition) is 1. The van der Waals surface area contributed by atoms with Gasteiger partial charge >= 0.3 is 0 Å². The van der Waals surface area contributed by atoms with Crippen LogP contribution in [0.2, 0.25) is 0 Å². The zero-order valence-electron chi connectivity index (χ0n) is 11.6. The molecule has 2 saturated heterocycles. The number of rotatable bonds is 5. The third-order valence-electron chi connectivity index (χ3n) is 4.26. The first kappa shape index (κ1) is 14.3. The summed E-state index contributed by atoms with van der Waals surface area (Å²) in [6.45, 7) is 9.02. The van der Waals surface area contributed by atoms with Gasteiger partial charge in [0.25, 0.3) is 0 Å². The normalized spacial score (nSPS) is 25.2. The van der Waals surface area contributed by atoms with Crippen molar-refractivity contribution in [1.29, 1.82) is 0 Å². The van der Waals surface area contributed by atoms with Crippen molar-refractivity contribution in [2.24, 2.45) is 5.73 Å². The van der Waals surface area contributed by atoms with Crippen molar-refractivity contribution in [1.82, 2.24) is 9.80 Å². The second kappa shape index (κ2) is 8.10. The Bertz CT molecular complexity index is 219. The first-order valence-electron chi connectivity index (χ1n) is 7.64. The summed E-state index contributed by atoms with van der Waals surface area (Å²) >= 11 is 0. The van der Waals surface area contributed by atoms with Crippen LogP contribution in [0, 0.1) is 0 Å². The van der Waals surface area contributed by atoms with Gasteiger partial charge in [-0.25, -0.2) is 0 Å². The Balaban J connectivity index is 1.70. The quantitative estimate of drug-likeness (QED) is 0.742. The summed E-state index contributed by atoms with van der Waals surface area (Å²) in [4.78, 5) is 5.32. The monoisotopic (exact) mass is 255 g/mol. The Morgan fingerprint density at radius 1 is 1.00 bits per heavy atom. The molecule has 0 radical (unpaired) electrons. The zero-order chi connectivity index (χ0) is 12.6. The van der Waals surface area contributed by atoms with E-state index in [1.807, 2.05) is 0 Å². The minimum absolute atomic E-state index is 0.780. The molecule has 4 nitrogen and oxygen atoms in total. The van der Waals surface area contributed by atoms with Crippen LogP contribution < -0.4 is 5.73 Å². The smallest absolute Gasteiger partial charge is 0.0480 e. The van der Waals surface area contributed by atoms with Crippen LogP contribution >= 0.6 is 0 Å². The predicted octanol–water partition coefficient (Wildman–Crippen LogP) is 0.912. The predicted molar refractivity (Wildman–Crippen MR) is 74.8 cm³/mol. The summed E-state index contributed by atoms with van der Waals surface area (Å²) in [6, 6.07) is 0.780. The molecule has 2 aliphatic rings. The maximum Gasteiger partial charge on any atom is 0.0480 e. The van der Waals surface area contributed by atoms with Crippen molar-refractivity contribution in [3.05, 3.63) is 0 Å². The lowest BCUT2D eigenvalue weighted by atomic mass is 10.1. The Morgan fingerprint density at radius 3 is 2.61 bits per heavy atom. The number of unbranched alkanes of at least 4 members (excludes halogenated alkanes) is 1. The van der Waals surface area contributed by atoms with Crippen LogP contribution in [-0.4, -0.2) is 68.3 Å². The van der Waals surface area contributed by atoms with Crippen LogP contribution in [0.25, 0.3) is 0 Å². The zero-order valence-corrected chi connectivity index (χ0v) is 11.6. The van der Waals surface area contributed by atoms with E-state index in [0.717, 1.165) is 25.8 Å². The SMILES string of the molecule is NCCCCN1CCCN(C2CCOCC2)CC1. The molecule has 0 bridgehead atoms. The van der Waals surface area contributed by atoms with Gasteiger partial charge in [-0.2, -0.15) is 0 Å². The van der Waals surface area contributed by atoms with Gasteiger partial charge in [0.1, 0.15) is 0 Å². The summed E-state index contributed by atoms with van der Waals surface area (Å²) in [5, 5.41) is 0. The lowest BCUT2D eigenvalue weighted by molar-refractivity contribution is 0.0354. The van der Waals surface area contributed by atoms with Gasteiger partial charge in [-0.1, -0.05) is 0 Å². The molecule has 0 aromatic rings. The maximum atomic E-state index is 5.56. The minimum Gasteiger partial charge on any atom is -0.381 e. The molecular weight excluding hydrogens is 226 g/mol. The lowest BCUT2D eigenvalue weighted by Crippen LogP contribution is -2.41. The molecule has 0 aromatic heterocycles. The molecule has 106 valence electrons. The van der Waals surface area contributed by atoms with E-state index < -0.39 is 0 Å². The highest BCUT2D eigenvalue weighted by molar-refractivity contribution is 4.78. The van der Waals surface area contributed by atoms with Gasteiger partial charge in [0, 0.05) is 32.3 Å². The van der Waals surface area contributed by atoms with Crippen LogP contribution in [0.4, 0.5) is 0 Å². The maximum absolute atomic E-state index is 5.56. The lowest BCUT2D eigenvalue weighted by Gasteiger charge is -2.33. The van der Waals surface area contributed by atoms with E-state index in [0.29, 0.717) is 0 Å². The average molecular weight is 255 g/mol. The summed E-state index contributed by atoms with van der Waals surface area (Å²) in [7, 11) is 0. The second-order valence-electron chi connectivity index (χ2n) is 5.57. The highest BCUT2D eigenvalue weighted by Gasteiger charge is 2.23. The first-order valence-corrected chi connectivity index (χ1v) is 7.64. The average Bonchev–Trinajstić information content (AvgIpc) is 2.66. The molecule has 0 aromatic carbocycles. The van der Waals surface area contributed by atoms with Crippen molar-refractivity contribution < 1.29 is 4.74 Å². The molecular formula is C14H29N3O. The summed E-state index contributed by atoms with van der Waals surface area (Å²) < 4.78 is 5.46. The highest BCUT2D eigenvalue weighted by atomic mass is 16.5. The molecule has 2 aliphatic heterocycles. The molecule has 2 heterocycles. The van der Waals surface area contributed by atoms with Gasteiger partial charge < -0.3 is 15.4 Å². The van der Waals surface area contributed by atoms with E-state index in [4.69, 9.17) is 10.5 Å². The molecule has 2 fully saturated rings. The van der Waals surface area contributed by atoms with E-state index in [9.17, 15) is 0 Å². The van der Waals surface area contributed by atoms with Crippen LogP contribution in [0.15, 0.2) is 0 Å². The number of ether oxygens (including phenoxy) is 1. The third-order valence-corrected chi connectivity index (χ3v) is 4.26. The van der Waals surface area contributed by atoms with Crippen LogP contribution in [0.5, 0.6) is 0 Å². The molecule has 0 aliphatic carbocycles. The Hall–Kier alpha value is -0.160. The van der Waals surface area contributed by atoms with E-state index in [2.05, 4.69) is 9.80 Å². The highest BCUT2D eigenvalue weighted by Crippen LogP contribution is 2.16. The standard InChI is InChI=1S/C14H29N3O/c15-6-1-2-7-16-8-3-9-17(11-10-16)14-4-12-18-13-5-14/h14H,1-13,15H2. The minimum atomic E-state index is 0.780. The molecule has 18 heavy (non-hydrogen) atoms. The Kier molecular flexibility index (Phi) is 6.41. The fourth-order valence-corrected chi connectivity index (χ4v) is 3.11. The van der Waals surface area contributed by atoms with E-state index in [-0.39, 0.29) is 0 Å². The molecule has 0 atom stereocenters. The number of nitrogens with zero attached hydrogens (tertiary/aromatic N) is 2. The number of nitrogens with two attached hydrogens (primary N) is 1. The van der Waals surface area contributed by atoms with Crippen molar-refractivity contribution in [2.45, 2.75) is 38.1 Å². The molecule has 0 saturated carbocycles. The van der Waals surface area contributed by atoms with E-state index in [1.165, 1.54) is 64.8 Å². The van der Waals surface area contributed by atoms with Crippen LogP contribution in [-0.2, 0) is 4.74 Å². The molecule has 4 heteroatoms. The molecule has 0 unspecified atom stereocenters. The van der Waals surface area contributed by atoms with Gasteiger partial charge in [-0.15, -0.1) is 0 Å². The second-order valence-corrected chi connectivity index (χ2v) is 5.57. The van der Waals surface area contributed by atoms with Gasteiger partial charge in [-0.05, 0) is 58.3 Å². The van der Waals surface area contributed by atoms with Gasteiger partial charge in [-0.3, -0.25) is 4.90 Å². The van der Waals surface area contributed by atoms with Gasteiger partial charge in [0.05, 0.1) is 0 Å². The molecule has 0 spiro atoms. The molecule has 0 amide bonds. The summed E-state index contributed by atoms with van der Waals surface area (Å²) in [5.41, 5.74) is 5.56.